The number of hydrogen-bond acceptors (Lipinski definition) is 4. The van der Waals surface area contributed by atoms with Gasteiger partial charge in [0, 0.05) is 13.2 Å². The summed E-state index contributed by atoms with van der Waals surface area (Å²) in [6.07, 6.45) is 1.54. The molecule has 6 heteroatoms. The van der Waals surface area contributed by atoms with Crippen molar-refractivity contribution in [2.45, 2.75) is 12.5 Å². The molecule has 1 aliphatic heterocycles. The molecule has 1 atom stereocenters. The van der Waals surface area contributed by atoms with E-state index in [4.69, 9.17) is 0 Å². The van der Waals surface area contributed by atoms with Crippen molar-refractivity contribution in [3.8, 4) is 0 Å². The van der Waals surface area contributed by atoms with E-state index in [0.29, 0.717) is 5.69 Å². The number of amides is 2. The number of carbonyl (C=O) groups is 3. The summed E-state index contributed by atoms with van der Waals surface area (Å²) in [6, 6.07) is 2.59. The minimum Gasteiger partial charge on any atom is -0.469 e. The Hall–Kier alpha value is -2.11. The van der Waals surface area contributed by atoms with Gasteiger partial charge in [0.05, 0.1) is 13.5 Å². The molecule has 2 amide bonds. The standard InChI is InChI=1S/C11H12N2O4/c1-12-10(15)7-4-3-5-13(7)8(11(12)16)6-9(14)17-2/h3-5,8H,6H2,1-2H3. The SMILES string of the molecule is COC(=O)CC1C(=O)N(C)C(=O)c2cccn21. The van der Waals surface area contributed by atoms with Crippen LogP contribution < -0.4 is 0 Å². The number of hydrogen-bond donors (Lipinski definition) is 0. The van der Waals surface area contributed by atoms with Gasteiger partial charge in [-0.05, 0) is 12.1 Å². The lowest BCUT2D eigenvalue weighted by Crippen LogP contribution is -2.45. The van der Waals surface area contributed by atoms with Crippen LogP contribution in [0.2, 0.25) is 0 Å². The average molecular weight is 236 g/mol. The third-order valence-corrected chi connectivity index (χ3v) is 2.84. The summed E-state index contributed by atoms with van der Waals surface area (Å²) in [4.78, 5) is 36.0. The number of imide groups is 1. The molecule has 0 radical (unpaired) electrons. The van der Waals surface area contributed by atoms with E-state index in [-0.39, 0.29) is 12.3 Å². The zero-order valence-electron chi connectivity index (χ0n) is 9.54. The minimum absolute atomic E-state index is 0.0748. The molecule has 0 saturated heterocycles. The van der Waals surface area contributed by atoms with E-state index >= 15 is 0 Å². The van der Waals surface area contributed by atoms with Crippen molar-refractivity contribution in [3.05, 3.63) is 24.0 Å². The first kappa shape index (κ1) is 11.4. The summed E-state index contributed by atoms with van der Waals surface area (Å²) < 4.78 is 6.06. The van der Waals surface area contributed by atoms with Crippen LogP contribution in [0.3, 0.4) is 0 Å². The lowest BCUT2D eigenvalue weighted by Gasteiger charge is -2.29. The molecule has 0 aromatic carbocycles. The van der Waals surface area contributed by atoms with E-state index in [1.54, 1.807) is 18.3 Å². The summed E-state index contributed by atoms with van der Waals surface area (Å²) in [5, 5.41) is 0. The highest BCUT2D eigenvalue weighted by atomic mass is 16.5. The van der Waals surface area contributed by atoms with Crippen LogP contribution in [-0.2, 0) is 14.3 Å². The Labute approximate surface area is 97.8 Å². The van der Waals surface area contributed by atoms with Gasteiger partial charge in [-0.2, -0.15) is 0 Å². The molecule has 2 heterocycles. The predicted molar refractivity (Wildman–Crippen MR) is 57.2 cm³/mol. The van der Waals surface area contributed by atoms with Crippen LogP contribution in [0, 0.1) is 0 Å². The van der Waals surface area contributed by atoms with E-state index in [9.17, 15) is 14.4 Å². The van der Waals surface area contributed by atoms with Gasteiger partial charge in [-0.3, -0.25) is 19.3 Å². The van der Waals surface area contributed by atoms with Crippen LogP contribution in [0.4, 0.5) is 0 Å². The van der Waals surface area contributed by atoms with Gasteiger partial charge in [0.1, 0.15) is 11.7 Å². The molecule has 1 unspecified atom stereocenters. The predicted octanol–water partition coefficient (Wildman–Crippen LogP) is 0.204. The first-order valence-electron chi connectivity index (χ1n) is 5.11. The lowest BCUT2D eigenvalue weighted by atomic mass is 10.1. The Kier molecular flexibility index (Phi) is 2.71. The van der Waals surface area contributed by atoms with Crippen LogP contribution in [0.15, 0.2) is 18.3 Å². The topological polar surface area (TPSA) is 68.6 Å². The Bertz CT molecular complexity index is 491. The molecule has 90 valence electrons. The Morgan fingerprint density at radius 2 is 2.18 bits per heavy atom. The van der Waals surface area contributed by atoms with Gasteiger partial charge in [0.15, 0.2) is 0 Å². The van der Waals surface area contributed by atoms with Gasteiger partial charge in [0.25, 0.3) is 11.8 Å². The van der Waals surface area contributed by atoms with Gasteiger partial charge in [0.2, 0.25) is 0 Å². The van der Waals surface area contributed by atoms with Crippen molar-refractivity contribution in [3.63, 3.8) is 0 Å². The molecule has 0 spiro atoms. The normalized spacial score (nSPS) is 19.2. The average Bonchev–Trinajstić information content (AvgIpc) is 2.80. The van der Waals surface area contributed by atoms with E-state index in [1.807, 2.05) is 0 Å². The number of methoxy groups -OCH3 is 1. The summed E-state index contributed by atoms with van der Waals surface area (Å²) in [5.74, 6) is -1.24. The molecule has 0 saturated carbocycles. The van der Waals surface area contributed by atoms with Crippen LogP contribution >= 0.6 is 0 Å². The fourth-order valence-corrected chi connectivity index (χ4v) is 1.89. The number of likely N-dealkylation sites (N-methyl/N-ethyl adjacent to an activating group) is 1. The van der Waals surface area contributed by atoms with Crippen molar-refractivity contribution < 1.29 is 19.1 Å². The maximum absolute atomic E-state index is 11.9. The third kappa shape index (κ3) is 1.71. The maximum Gasteiger partial charge on any atom is 0.308 e. The van der Waals surface area contributed by atoms with Gasteiger partial charge in [-0.15, -0.1) is 0 Å². The summed E-state index contributed by atoms with van der Waals surface area (Å²) in [7, 11) is 2.67. The first-order chi connectivity index (χ1) is 8.06. The molecule has 0 N–H and O–H groups in total. The quantitative estimate of drug-likeness (QED) is 0.543. The van der Waals surface area contributed by atoms with Crippen LogP contribution in [0.5, 0.6) is 0 Å². The second-order valence-corrected chi connectivity index (χ2v) is 3.80. The number of nitrogens with zero attached hydrogens (tertiary/aromatic N) is 2. The largest absolute Gasteiger partial charge is 0.469 e. The van der Waals surface area contributed by atoms with Crippen molar-refractivity contribution in [2.24, 2.45) is 0 Å². The van der Waals surface area contributed by atoms with Gasteiger partial charge >= 0.3 is 5.97 Å². The van der Waals surface area contributed by atoms with Gasteiger partial charge in [-0.1, -0.05) is 0 Å². The van der Waals surface area contributed by atoms with Crippen LogP contribution in [0.25, 0.3) is 0 Å². The molecule has 17 heavy (non-hydrogen) atoms. The zero-order valence-corrected chi connectivity index (χ0v) is 9.54. The molecule has 6 nitrogen and oxygen atoms in total. The van der Waals surface area contributed by atoms with E-state index in [2.05, 4.69) is 4.74 Å². The highest BCUT2D eigenvalue weighted by Gasteiger charge is 2.37. The second-order valence-electron chi connectivity index (χ2n) is 3.80. The molecular weight excluding hydrogens is 224 g/mol. The summed E-state index contributed by atoms with van der Waals surface area (Å²) in [6.45, 7) is 0. The summed E-state index contributed by atoms with van der Waals surface area (Å²) in [5.41, 5.74) is 0.404. The molecule has 0 fully saturated rings. The molecule has 1 aromatic rings. The van der Waals surface area contributed by atoms with Crippen LogP contribution in [-0.4, -0.2) is 41.4 Å². The van der Waals surface area contributed by atoms with Gasteiger partial charge in [-0.25, -0.2) is 0 Å². The number of rotatable bonds is 2. The Balaban J connectivity index is 2.39. The fourth-order valence-electron chi connectivity index (χ4n) is 1.89. The third-order valence-electron chi connectivity index (χ3n) is 2.84. The number of aromatic nitrogens is 1. The molecule has 1 aromatic heterocycles. The number of esters is 1. The monoisotopic (exact) mass is 236 g/mol. The highest BCUT2D eigenvalue weighted by molar-refractivity contribution is 6.08. The first-order valence-corrected chi connectivity index (χ1v) is 5.11. The van der Waals surface area contributed by atoms with Gasteiger partial charge < -0.3 is 9.30 Å². The number of fused-ring (bicyclic) bond motifs is 1. The smallest absolute Gasteiger partial charge is 0.308 e. The van der Waals surface area contributed by atoms with E-state index < -0.39 is 17.9 Å². The summed E-state index contributed by atoms with van der Waals surface area (Å²) >= 11 is 0. The second kappa shape index (κ2) is 4.04. The Morgan fingerprint density at radius 3 is 2.82 bits per heavy atom. The maximum atomic E-state index is 11.9. The molecule has 2 rings (SSSR count). The van der Waals surface area contributed by atoms with E-state index in [0.717, 1.165) is 4.90 Å². The molecular formula is C11H12N2O4. The van der Waals surface area contributed by atoms with Crippen molar-refractivity contribution >= 4 is 17.8 Å². The van der Waals surface area contributed by atoms with E-state index in [1.165, 1.54) is 18.7 Å². The van der Waals surface area contributed by atoms with Crippen molar-refractivity contribution in [2.75, 3.05) is 14.2 Å². The Morgan fingerprint density at radius 1 is 1.47 bits per heavy atom. The minimum atomic E-state index is -0.699. The molecule has 1 aliphatic rings. The van der Waals surface area contributed by atoms with Crippen LogP contribution in [0.1, 0.15) is 23.0 Å². The number of ether oxygens (including phenoxy) is 1. The molecule has 0 aliphatic carbocycles. The molecule has 0 bridgehead atoms. The van der Waals surface area contributed by atoms with Crippen molar-refractivity contribution in [1.29, 1.82) is 0 Å². The fraction of sp³-hybridized carbons (Fsp3) is 0.364. The highest BCUT2D eigenvalue weighted by Crippen LogP contribution is 2.24. The lowest BCUT2D eigenvalue weighted by molar-refractivity contribution is -0.145. The number of carbonyl (C=O) groups excluding carboxylic acids is 3. The zero-order chi connectivity index (χ0) is 12.6. The van der Waals surface area contributed by atoms with Crippen molar-refractivity contribution in [1.82, 2.24) is 9.47 Å².